The summed E-state index contributed by atoms with van der Waals surface area (Å²) >= 11 is 0. The molecule has 0 radical (unpaired) electrons. The Morgan fingerprint density at radius 3 is 2.29 bits per heavy atom. The Morgan fingerprint density at radius 1 is 1.12 bits per heavy atom. The second-order valence-corrected chi connectivity index (χ2v) is 5.10. The van der Waals surface area contributed by atoms with Crippen LogP contribution in [0, 0.1) is 13.8 Å². The number of aromatic hydroxyl groups is 1. The molecule has 0 aliphatic carbocycles. The molecular formula is C14H18O3. The van der Waals surface area contributed by atoms with E-state index in [-0.39, 0.29) is 0 Å². The molecule has 3 nitrogen and oxygen atoms in total. The van der Waals surface area contributed by atoms with Gasteiger partial charge in [0.05, 0.1) is 25.4 Å². The summed E-state index contributed by atoms with van der Waals surface area (Å²) in [6.45, 7) is 5.79. The highest BCUT2D eigenvalue weighted by Crippen LogP contribution is 2.32. The second-order valence-electron chi connectivity index (χ2n) is 5.10. The summed E-state index contributed by atoms with van der Waals surface area (Å²) < 4.78 is 10.6. The molecule has 0 amide bonds. The van der Waals surface area contributed by atoms with Crippen LogP contribution >= 0.6 is 0 Å². The van der Waals surface area contributed by atoms with Crippen molar-refractivity contribution in [2.45, 2.75) is 38.9 Å². The Bertz CT molecular complexity index is 445. The summed E-state index contributed by atoms with van der Waals surface area (Å²) in [6.07, 6.45) is 2.62. The monoisotopic (exact) mass is 234 g/mol. The van der Waals surface area contributed by atoms with E-state index in [1.54, 1.807) is 0 Å². The molecule has 1 aromatic carbocycles. The third-order valence-electron chi connectivity index (χ3n) is 3.78. The van der Waals surface area contributed by atoms with Crippen molar-refractivity contribution < 1.29 is 14.6 Å². The van der Waals surface area contributed by atoms with Gasteiger partial charge >= 0.3 is 0 Å². The van der Waals surface area contributed by atoms with Gasteiger partial charge in [0.2, 0.25) is 0 Å². The van der Waals surface area contributed by atoms with Crippen LogP contribution in [0.4, 0.5) is 0 Å². The first-order valence-electron chi connectivity index (χ1n) is 6.19. The molecule has 2 aliphatic rings. The molecule has 2 atom stereocenters. The third kappa shape index (κ3) is 2.31. The smallest absolute Gasteiger partial charge is 0.119 e. The van der Waals surface area contributed by atoms with Gasteiger partial charge in [0.1, 0.15) is 5.75 Å². The fourth-order valence-electron chi connectivity index (χ4n) is 2.33. The van der Waals surface area contributed by atoms with E-state index >= 15 is 0 Å². The van der Waals surface area contributed by atoms with E-state index in [0.717, 1.165) is 31.6 Å². The van der Waals surface area contributed by atoms with Crippen molar-refractivity contribution in [1.82, 2.24) is 0 Å². The zero-order valence-corrected chi connectivity index (χ0v) is 10.3. The van der Waals surface area contributed by atoms with Crippen LogP contribution in [0.15, 0.2) is 6.07 Å². The number of hydrogen-bond acceptors (Lipinski definition) is 3. The van der Waals surface area contributed by atoms with Gasteiger partial charge in [-0.15, -0.1) is 0 Å². The van der Waals surface area contributed by atoms with Crippen molar-refractivity contribution in [3.63, 3.8) is 0 Å². The van der Waals surface area contributed by atoms with Gasteiger partial charge in [-0.05, 0) is 42.2 Å². The lowest BCUT2D eigenvalue weighted by Crippen LogP contribution is -2.06. The highest BCUT2D eigenvalue weighted by Gasteiger charge is 2.29. The van der Waals surface area contributed by atoms with Gasteiger partial charge in [-0.2, -0.15) is 0 Å². The number of phenolic OH excluding ortho intramolecular Hbond substituents is 1. The van der Waals surface area contributed by atoms with Crippen LogP contribution in [0.1, 0.15) is 22.3 Å². The number of benzene rings is 1. The molecule has 2 saturated heterocycles. The molecule has 2 heterocycles. The SMILES string of the molecule is Cc1c(O)cc(CC2CO2)c(CC2CO2)c1C. The van der Waals surface area contributed by atoms with Crippen LogP contribution in [-0.4, -0.2) is 30.5 Å². The molecule has 2 unspecified atom stereocenters. The van der Waals surface area contributed by atoms with Crippen molar-refractivity contribution in [2.24, 2.45) is 0 Å². The summed E-state index contributed by atoms with van der Waals surface area (Å²) in [5.74, 6) is 0.401. The van der Waals surface area contributed by atoms with Gasteiger partial charge in [-0.1, -0.05) is 0 Å². The van der Waals surface area contributed by atoms with Crippen LogP contribution < -0.4 is 0 Å². The van der Waals surface area contributed by atoms with Crippen molar-refractivity contribution >= 4 is 0 Å². The Balaban J connectivity index is 1.96. The second kappa shape index (κ2) is 4.00. The lowest BCUT2D eigenvalue weighted by atomic mass is 9.91. The number of ether oxygens (including phenoxy) is 2. The largest absolute Gasteiger partial charge is 0.508 e. The fourth-order valence-corrected chi connectivity index (χ4v) is 2.33. The average molecular weight is 234 g/mol. The van der Waals surface area contributed by atoms with E-state index < -0.39 is 0 Å². The van der Waals surface area contributed by atoms with Gasteiger partial charge < -0.3 is 14.6 Å². The quantitative estimate of drug-likeness (QED) is 0.809. The van der Waals surface area contributed by atoms with Crippen molar-refractivity contribution in [3.8, 4) is 5.75 Å². The number of phenols is 1. The summed E-state index contributed by atoms with van der Waals surface area (Å²) in [5, 5.41) is 9.92. The molecule has 1 aromatic rings. The highest BCUT2D eigenvalue weighted by molar-refractivity contribution is 5.48. The predicted octanol–water partition coefficient (Wildman–Crippen LogP) is 1.89. The lowest BCUT2D eigenvalue weighted by molar-refractivity contribution is 0.400. The number of epoxide rings is 2. The van der Waals surface area contributed by atoms with Crippen LogP contribution in [0.3, 0.4) is 0 Å². The van der Waals surface area contributed by atoms with Crippen molar-refractivity contribution in [2.75, 3.05) is 13.2 Å². The van der Waals surface area contributed by atoms with E-state index in [1.807, 2.05) is 13.0 Å². The van der Waals surface area contributed by atoms with E-state index in [1.165, 1.54) is 16.7 Å². The first-order valence-corrected chi connectivity index (χ1v) is 6.19. The Morgan fingerprint density at radius 2 is 1.71 bits per heavy atom. The first kappa shape index (κ1) is 11.1. The molecule has 92 valence electrons. The Hall–Kier alpha value is -1.06. The minimum absolute atomic E-state index is 0.357. The topological polar surface area (TPSA) is 45.3 Å². The average Bonchev–Trinajstić information content (AvgIpc) is 3.15. The summed E-state index contributed by atoms with van der Waals surface area (Å²) in [5.41, 5.74) is 4.76. The molecule has 2 aliphatic heterocycles. The van der Waals surface area contributed by atoms with Crippen molar-refractivity contribution in [3.05, 3.63) is 28.3 Å². The molecule has 3 heteroatoms. The van der Waals surface area contributed by atoms with E-state index in [9.17, 15) is 5.11 Å². The molecular weight excluding hydrogens is 216 g/mol. The summed E-state index contributed by atoms with van der Waals surface area (Å²) in [4.78, 5) is 0. The molecule has 17 heavy (non-hydrogen) atoms. The lowest BCUT2D eigenvalue weighted by Gasteiger charge is -2.15. The van der Waals surface area contributed by atoms with E-state index in [4.69, 9.17) is 9.47 Å². The molecule has 0 spiro atoms. The maximum atomic E-state index is 9.92. The fraction of sp³-hybridized carbons (Fsp3) is 0.571. The maximum Gasteiger partial charge on any atom is 0.119 e. The minimum Gasteiger partial charge on any atom is -0.508 e. The molecule has 1 N–H and O–H groups in total. The summed E-state index contributed by atoms with van der Waals surface area (Å²) in [6, 6.07) is 1.90. The molecule has 0 saturated carbocycles. The molecule has 3 rings (SSSR count). The standard InChI is InChI=1S/C14H18O3/c1-8-9(2)14(15)4-10(3-11-6-16-11)13(8)5-12-7-17-12/h4,11-12,15H,3,5-7H2,1-2H3. The van der Waals surface area contributed by atoms with Gasteiger partial charge in [0.15, 0.2) is 0 Å². The number of rotatable bonds is 4. The maximum absolute atomic E-state index is 9.92. The van der Waals surface area contributed by atoms with Crippen LogP contribution in [0.5, 0.6) is 5.75 Å². The third-order valence-corrected chi connectivity index (χ3v) is 3.78. The van der Waals surface area contributed by atoms with Crippen LogP contribution in [-0.2, 0) is 22.3 Å². The molecule has 0 aromatic heterocycles. The Kier molecular flexibility index (Phi) is 2.60. The van der Waals surface area contributed by atoms with E-state index in [2.05, 4.69) is 6.92 Å². The van der Waals surface area contributed by atoms with Gasteiger partial charge in [0, 0.05) is 12.8 Å². The molecule has 2 fully saturated rings. The normalized spacial score (nSPS) is 26.0. The molecule has 0 bridgehead atoms. The minimum atomic E-state index is 0.357. The van der Waals surface area contributed by atoms with Crippen molar-refractivity contribution in [1.29, 1.82) is 0 Å². The zero-order chi connectivity index (χ0) is 12.0. The van der Waals surface area contributed by atoms with Gasteiger partial charge in [-0.25, -0.2) is 0 Å². The highest BCUT2D eigenvalue weighted by atomic mass is 16.6. The first-order chi connectivity index (χ1) is 8.15. The predicted molar refractivity (Wildman–Crippen MR) is 64.5 cm³/mol. The zero-order valence-electron chi connectivity index (χ0n) is 10.3. The Labute approximate surface area is 101 Å². The van der Waals surface area contributed by atoms with Gasteiger partial charge in [-0.3, -0.25) is 0 Å². The van der Waals surface area contributed by atoms with Crippen LogP contribution in [0.2, 0.25) is 0 Å². The number of hydrogen-bond donors (Lipinski definition) is 1. The van der Waals surface area contributed by atoms with Gasteiger partial charge in [0.25, 0.3) is 0 Å². The summed E-state index contributed by atoms with van der Waals surface area (Å²) in [7, 11) is 0. The van der Waals surface area contributed by atoms with E-state index in [0.29, 0.717) is 18.0 Å². The van der Waals surface area contributed by atoms with Crippen LogP contribution in [0.25, 0.3) is 0 Å².